The minimum Gasteiger partial charge on any atom is -2.00 e. The number of aliphatic carboxylic acids is 5. The molecule has 0 N–H and O–H groups in total. The van der Waals surface area contributed by atoms with Crippen LogP contribution in [0.1, 0.15) is 66.7 Å². The summed E-state index contributed by atoms with van der Waals surface area (Å²) in [5.41, 5.74) is 0. The van der Waals surface area contributed by atoms with Gasteiger partial charge in [0, 0.05) is 62.0 Å². The largest absolute Gasteiger partial charge is 5.00 e. The third-order valence-corrected chi connectivity index (χ3v) is 1.97. The van der Waals surface area contributed by atoms with E-state index in [1.54, 1.807) is 0 Å². The van der Waals surface area contributed by atoms with Crippen LogP contribution in [-0.4, -0.2) is 58.8 Å². The van der Waals surface area contributed by atoms with Gasteiger partial charge >= 0.3 is 55.7 Å². The average molecular weight is 738 g/mol. The Balaban J connectivity index is -0.0000000227. The van der Waals surface area contributed by atoms with Crippen LogP contribution >= 0.6 is 0 Å². The predicted octanol–water partition coefficient (Wildman–Crippen LogP) is -7.02. The van der Waals surface area contributed by atoms with E-state index < -0.39 is 62.0 Å². The van der Waals surface area contributed by atoms with Gasteiger partial charge in [0.05, 0.1) is 0 Å². The molecule has 0 aromatic carbocycles. The molecule has 23 heteroatoms. The van der Waals surface area contributed by atoms with Crippen LogP contribution in [-0.2, 0) is 131 Å². The summed E-state index contributed by atoms with van der Waals surface area (Å²) < 4.78 is 0. The molecule has 240 valence electrons. The molecule has 0 aromatic heterocycles. The molecule has 0 saturated carbocycles. The van der Waals surface area contributed by atoms with E-state index in [0.717, 1.165) is 0 Å². The number of Topliss-reactive ketones (excluding diaryl/α,β-unsaturated/α-hetero) is 5. The fourth-order valence-electron chi connectivity index (χ4n) is 1.02. The van der Waals surface area contributed by atoms with Gasteiger partial charge in [0.25, 0.3) is 0 Å². The molecule has 0 saturated heterocycles. The van der Waals surface area contributed by atoms with Crippen LogP contribution in [0, 0.1) is 0 Å². The molecule has 0 amide bonds. The number of ketones is 5. The SMILES string of the molecule is CC(=O)CC(=O)[O-].CC(=O)CC(=O)[O-].CC(=O)CC(=O)[O-].CC(=O)CC(=O)[O-].CC(=O)CC(=O)[O-].[O-2].[O-2].[O-2].[O-2].[O-2].[V+5].[V+5].[V+5]. The van der Waals surface area contributed by atoms with Gasteiger partial charge in [0.15, 0.2) is 0 Å². The first-order valence-corrected chi connectivity index (χ1v) is 9.10. The Morgan fingerprint density at radius 2 is 0.372 bits per heavy atom. The zero-order valence-corrected chi connectivity index (χ0v) is 27.2. The summed E-state index contributed by atoms with van der Waals surface area (Å²) in [5, 5.41) is 47.4. The quantitative estimate of drug-likeness (QED) is 0.188. The van der Waals surface area contributed by atoms with E-state index in [1.165, 1.54) is 34.6 Å². The van der Waals surface area contributed by atoms with Crippen molar-refractivity contribution in [2.24, 2.45) is 0 Å². The van der Waals surface area contributed by atoms with Gasteiger partial charge in [0.2, 0.25) is 0 Å². The molecule has 0 aromatic rings. The van der Waals surface area contributed by atoms with Gasteiger partial charge in [-0.15, -0.1) is 0 Å². The number of carboxylic acids is 5. The normalized spacial score (nSPS) is 6.63. The number of rotatable bonds is 10. The minimum atomic E-state index is -1.31. The standard InChI is InChI=1S/5C4H6O3.5O.3V/c5*1-3(5)2-4(6)7;;;;;;;;/h5*2H2,1H3,(H,6,7);;;;;;;;/q;;;;;5*-2;3*+5/p-5. The van der Waals surface area contributed by atoms with Crippen LogP contribution < -0.4 is 25.5 Å². The number of carbonyl (C=O) groups excluding carboxylic acids is 10. The van der Waals surface area contributed by atoms with Crippen LogP contribution in [0.3, 0.4) is 0 Å². The maximum atomic E-state index is 9.83. The maximum absolute atomic E-state index is 9.83. The zero-order valence-electron chi connectivity index (χ0n) is 23.0. The molecule has 0 atom stereocenters. The van der Waals surface area contributed by atoms with Gasteiger partial charge in [-0.2, -0.15) is 0 Å². The van der Waals surface area contributed by atoms with Crippen molar-refractivity contribution < 1.29 is 157 Å². The summed E-state index contributed by atoms with van der Waals surface area (Å²) in [5.74, 6) is -8.44. The molecule has 0 spiro atoms. The van der Waals surface area contributed by atoms with E-state index in [-0.39, 0.29) is 112 Å². The predicted molar refractivity (Wildman–Crippen MR) is 105 cm³/mol. The number of carboxylic acid groups (broad SMARTS) is 5. The van der Waals surface area contributed by atoms with Crippen molar-refractivity contribution in [1.29, 1.82) is 0 Å². The van der Waals surface area contributed by atoms with Crippen molar-refractivity contribution >= 4 is 58.8 Å². The number of carbonyl (C=O) groups is 10. The molecule has 0 rings (SSSR count). The number of hydrogen-bond donors (Lipinski definition) is 0. The first kappa shape index (κ1) is 83.5. The van der Waals surface area contributed by atoms with E-state index in [2.05, 4.69) is 0 Å². The third-order valence-electron chi connectivity index (χ3n) is 1.97. The first-order chi connectivity index (χ1) is 15.6. The molecular formula is C20H25O20V3. The van der Waals surface area contributed by atoms with Crippen LogP contribution in [0.4, 0.5) is 0 Å². The fourth-order valence-corrected chi connectivity index (χ4v) is 1.02. The third kappa shape index (κ3) is 183. The summed E-state index contributed by atoms with van der Waals surface area (Å²) >= 11 is 0. The Hall–Kier alpha value is -2.75. The molecule has 0 fully saturated rings. The summed E-state index contributed by atoms with van der Waals surface area (Å²) in [6.45, 7) is 6.02. The molecule has 0 radical (unpaired) electrons. The molecule has 0 aliphatic heterocycles. The topological polar surface area (TPSA) is 428 Å². The Morgan fingerprint density at radius 1 is 0.302 bits per heavy atom. The van der Waals surface area contributed by atoms with Crippen molar-refractivity contribution in [2.45, 2.75) is 66.7 Å². The second-order valence-electron chi connectivity index (χ2n) is 6.25. The van der Waals surface area contributed by atoms with Gasteiger partial charge in [-0.1, -0.05) is 0 Å². The Labute approximate surface area is 281 Å². The van der Waals surface area contributed by atoms with Crippen LogP contribution in [0.2, 0.25) is 0 Å². The summed E-state index contributed by atoms with van der Waals surface area (Å²) in [6.07, 6.45) is -2.36. The molecule has 20 nitrogen and oxygen atoms in total. The second-order valence-corrected chi connectivity index (χ2v) is 6.25. The molecule has 0 bridgehead atoms. The molecule has 43 heavy (non-hydrogen) atoms. The Kier molecular flexibility index (Phi) is 107. The van der Waals surface area contributed by atoms with Crippen LogP contribution in [0.15, 0.2) is 0 Å². The van der Waals surface area contributed by atoms with Gasteiger partial charge in [0.1, 0.15) is 28.9 Å². The fraction of sp³-hybridized carbons (Fsp3) is 0.500. The van der Waals surface area contributed by atoms with Gasteiger partial charge in [-0.05, 0) is 34.6 Å². The summed E-state index contributed by atoms with van der Waals surface area (Å²) in [4.78, 5) is 96.6. The zero-order chi connectivity index (χ0) is 29.3. The van der Waals surface area contributed by atoms with E-state index in [4.69, 9.17) is 0 Å². The first-order valence-electron chi connectivity index (χ1n) is 9.10. The maximum Gasteiger partial charge on any atom is 5.00 e. The monoisotopic (exact) mass is 738 g/mol. The van der Waals surface area contributed by atoms with Crippen LogP contribution in [0.25, 0.3) is 0 Å². The molecule has 0 heterocycles. The molecule has 0 unspecified atom stereocenters. The molecule has 0 aliphatic carbocycles. The van der Waals surface area contributed by atoms with E-state index in [9.17, 15) is 73.5 Å². The van der Waals surface area contributed by atoms with Crippen molar-refractivity contribution in [3.63, 3.8) is 0 Å². The smallest absolute Gasteiger partial charge is 2.00 e. The van der Waals surface area contributed by atoms with Crippen molar-refractivity contribution in [2.75, 3.05) is 0 Å². The average Bonchev–Trinajstić information content (AvgIpc) is 2.49. The van der Waals surface area contributed by atoms with E-state index in [0.29, 0.717) is 0 Å². The van der Waals surface area contributed by atoms with Crippen molar-refractivity contribution in [3.8, 4) is 0 Å². The molecule has 0 aliphatic rings. The van der Waals surface area contributed by atoms with E-state index >= 15 is 0 Å². The van der Waals surface area contributed by atoms with Gasteiger partial charge in [-0.25, -0.2) is 0 Å². The molecular weight excluding hydrogens is 713 g/mol. The Morgan fingerprint density at radius 3 is 0.372 bits per heavy atom. The second kappa shape index (κ2) is 55.2. The summed E-state index contributed by atoms with van der Waals surface area (Å²) in [7, 11) is 0. The van der Waals surface area contributed by atoms with Crippen molar-refractivity contribution in [3.05, 3.63) is 0 Å². The number of hydrogen-bond acceptors (Lipinski definition) is 15. The van der Waals surface area contributed by atoms with Crippen molar-refractivity contribution in [1.82, 2.24) is 0 Å². The van der Waals surface area contributed by atoms with E-state index in [1.807, 2.05) is 0 Å². The van der Waals surface area contributed by atoms with Gasteiger partial charge < -0.3 is 76.9 Å². The van der Waals surface area contributed by atoms with Gasteiger partial charge in [-0.3, -0.25) is 24.0 Å². The minimum absolute atomic E-state index is 0. The Bertz CT molecular complexity index is 588. The van der Waals surface area contributed by atoms with Crippen LogP contribution in [0.5, 0.6) is 0 Å². The summed E-state index contributed by atoms with van der Waals surface area (Å²) in [6, 6.07) is 0.